The molecule has 3 nitrogen and oxygen atoms in total. The van der Waals surface area contributed by atoms with Gasteiger partial charge in [-0.25, -0.2) is 0 Å². The lowest BCUT2D eigenvalue weighted by Crippen LogP contribution is -2.30. The topological polar surface area (TPSA) is 33.5 Å². The van der Waals surface area contributed by atoms with Gasteiger partial charge < -0.3 is 9.32 Å². The molecule has 0 aliphatic rings. The smallest absolute Gasteiger partial charge is 0.293 e. The van der Waals surface area contributed by atoms with Gasteiger partial charge in [0.1, 0.15) is 5.76 Å². The average molecular weight is 243 g/mol. The van der Waals surface area contributed by atoms with Gasteiger partial charge in [-0.05, 0) is 44.5 Å². The number of carbonyl (C=O) groups excluding carboxylic acids is 1. The van der Waals surface area contributed by atoms with Crippen molar-refractivity contribution in [3.8, 4) is 0 Å². The summed E-state index contributed by atoms with van der Waals surface area (Å²) in [5, 5.41) is 0. The van der Waals surface area contributed by atoms with Gasteiger partial charge in [0.25, 0.3) is 5.91 Å². The van der Waals surface area contributed by atoms with Crippen molar-refractivity contribution in [3.05, 3.63) is 53.5 Å². The highest BCUT2D eigenvalue weighted by Gasteiger charge is 2.19. The molecule has 0 saturated carbocycles. The van der Waals surface area contributed by atoms with E-state index in [4.69, 9.17) is 4.42 Å². The normalized spacial score (nSPS) is 10.4. The van der Waals surface area contributed by atoms with Gasteiger partial charge >= 0.3 is 0 Å². The molecule has 0 N–H and O–H groups in total. The third kappa shape index (κ3) is 2.30. The minimum Gasteiger partial charge on any atom is -0.456 e. The predicted octanol–water partition coefficient (Wildman–Crippen LogP) is 3.56. The van der Waals surface area contributed by atoms with E-state index in [0.29, 0.717) is 12.3 Å². The quantitative estimate of drug-likeness (QED) is 0.825. The number of hydrogen-bond donors (Lipinski definition) is 0. The second-order valence-corrected chi connectivity index (χ2v) is 4.23. The molecule has 0 bridgehead atoms. The summed E-state index contributed by atoms with van der Waals surface area (Å²) in [6.45, 7) is 6.37. The van der Waals surface area contributed by atoms with Crippen molar-refractivity contribution < 1.29 is 9.21 Å². The summed E-state index contributed by atoms with van der Waals surface area (Å²) in [6.07, 6.45) is 0. The Balaban J connectivity index is 2.31. The van der Waals surface area contributed by atoms with Crippen molar-refractivity contribution in [1.29, 1.82) is 0 Å². The Hall–Kier alpha value is -2.03. The maximum Gasteiger partial charge on any atom is 0.293 e. The molecule has 0 aliphatic carbocycles. The molecule has 0 spiro atoms. The highest BCUT2D eigenvalue weighted by molar-refractivity contribution is 6.04. The Morgan fingerprint density at radius 2 is 1.89 bits per heavy atom. The number of amides is 1. The van der Waals surface area contributed by atoms with Crippen LogP contribution in [0.1, 0.15) is 28.8 Å². The van der Waals surface area contributed by atoms with E-state index in [1.807, 2.05) is 51.1 Å². The molecular formula is C15H17NO2. The number of nitrogens with zero attached hydrogens (tertiary/aromatic N) is 1. The van der Waals surface area contributed by atoms with Gasteiger partial charge in [-0.1, -0.05) is 18.2 Å². The van der Waals surface area contributed by atoms with E-state index in [0.717, 1.165) is 17.0 Å². The molecule has 0 radical (unpaired) electrons. The van der Waals surface area contributed by atoms with Gasteiger partial charge in [0.05, 0.1) is 0 Å². The number of rotatable bonds is 3. The lowest BCUT2D eigenvalue weighted by Gasteiger charge is -2.19. The summed E-state index contributed by atoms with van der Waals surface area (Å²) >= 11 is 0. The van der Waals surface area contributed by atoms with Gasteiger partial charge in [-0.3, -0.25) is 4.79 Å². The van der Waals surface area contributed by atoms with Crippen molar-refractivity contribution in [2.75, 3.05) is 11.4 Å². The van der Waals surface area contributed by atoms with Gasteiger partial charge in [-0.15, -0.1) is 0 Å². The van der Waals surface area contributed by atoms with E-state index < -0.39 is 0 Å². The van der Waals surface area contributed by atoms with Gasteiger partial charge in [0, 0.05) is 12.2 Å². The zero-order chi connectivity index (χ0) is 13.1. The van der Waals surface area contributed by atoms with Crippen molar-refractivity contribution in [1.82, 2.24) is 0 Å². The highest BCUT2D eigenvalue weighted by atomic mass is 16.4. The fourth-order valence-corrected chi connectivity index (χ4v) is 1.86. The molecule has 1 heterocycles. The standard InChI is InChI=1S/C15H17NO2/c1-4-16(13-8-6-5-7-9-13)15(17)14-10-11(2)12(3)18-14/h5-10H,4H2,1-3H3. The molecule has 0 atom stereocenters. The van der Waals surface area contributed by atoms with Crippen molar-refractivity contribution >= 4 is 11.6 Å². The Morgan fingerprint density at radius 3 is 2.39 bits per heavy atom. The molecule has 0 fully saturated rings. The SMILES string of the molecule is CCN(C(=O)c1cc(C)c(C)o1)c1ccccc1. The third-order valence-corrected chi connectivity index (χ3v) is 3.01. The largest absolute Gasteiger partial charge is 0.456 e. The Kier molecular flexibility index (Phi) is 3.51. The minimum absolute atomic E-state index is 0.0973. The molecular weight excluding hydrogens is 226 g/mol. The summed E-state index contributed by atoms with van der Waals surface area (Å²) < 4.78 is 5.49. The van der Waals surface area contributed by atoms with Crippen molar-refractivity contribution in [3.63, 3.8) is 0 Å². The Labute approximate surface area is 107 Å². The summed E-state index contributed by atoms with van der Waals surface area (Å²) in [6, 6.07) is 11.4. The lowest BCUT2D eigenvalue weighted by molar-refractivity contribution is 0.0960. The van der Waals surface area contributed by atoms with E-state index in [1.54, 1.807) is 11.0 Å². The number of para-hydroxylation sites is 1. The number of aryl methyl sites for hydroxylation is 2. The highest BCUT2D eigenvalue weighted by Crippen LogP contribution is 2.19. The van der Waals surface area contributed by atoms with Crippen molar-refractivity contribution in [2.45, 2.75) is 20.8 Å². The summed E-state index contributed by atoms with van der Waals surface area (Å²) in [4.78, 5) is 14.1. The van der Waals surface area contributed by atoms with Crippen LogP contribution in [-0.2, 0) is 0 Å². The molecule has 3 heteroatoms. The molecule has 94 valence electrons. The van der Waals surface area contributed by atoms with Crippen LogP contribution in [0.3, 0.4) is 0 Å². The van der Waals surface area contributed by atoms with Crippen molar-refractivity contribution in [2.24, 2.45) is 0 Å². The second kappa shape index (κ2) is 5.08. The maximum atomic E-state index is 12.4. The van der Waals surface area contributed by atoms with Crippen LogP contribution in [-0.4, -0.2) is 12.5 Å². The first-order valence-electron chi connectivity index (χ1n) is 6.07. The van der Waals surface area contributed by atoms with E-state index in [-0.39, 0.29) is 5.91 Å². The monoisotopic (exact) mass is 243 g/mol. The van der Waals surface area contributed by atoms with Crippen LogP contribution in [0, 0.1) is 13.8 Å². The third-order valence-electron chi connectivity index (χ3n) is 3.01. The zero-order valence-corrected chi connectivity index (χ0v) is 10.9. The summed E-state index contributed by atoms with van der Waals surface area (Å²) in [7, 11) is 0. The first kappa shape index (κ1) is 12.4. The summed E-state index contributed by atoms with van der Waals surface area (Å²) in [5.74, 6) is 1.10. The average Bonchev–Trinajstić information content (AvgIpc) is 2.72. The van der Waals surface area contributed by atoms with Crippen LogP contribution >= 0.6 is 0 Å². The minimum atomic E-state index is -0.0973. The molecule has 1 aromatic carbocycles. The van der Waals surface area contributed by atoms with Crippen LogP contribution < -0.4 is 4.90 Å². The van der Waals surface area contributed by atoms with E-state index in [1.165, 1.54) is 0 Å². The zero-order valence-electron chi connectivity index (χ0n) is 10.9. The van der Waals surface area contributed by atoms with Crippen LogP contribution in [0.4, 0.5) is 5.69 Å². The second-order valence-electron chi connectivity index (χ2n) is 4.23. The van der Waals surface area contributed by atoms with Crippen LogP contribution in [0.5, 0.6) is 0 Å². The van der Waals surface area contributed by atoms with Gasteiger partial charge in [0.15, 0.2) is 5.76 Å². The van der Waals surface area contributed by atoms with Gasteiger partial charge in [0.2, 0.25) is 0 Å². The first-order valence-corrected chi connectivity index (χ1v) is 6.07. The van der Waals surface area contributed by atoms with E-state index in [2.05, 4.69) is 0 Å². The first-order chi connectivity index (χ1) is 8.63. The molecule has 1 amide bonds. The van der Waals surface area contributed by atoms with Crippen LogP contribution in [0.25, 0.3) is 0 Å². The predicted molar refractivity (Wildman–Crippen MR) is 72.0 cm³/mol. The number of furan rings is 1. The van der Waals surface area contributed by atoms with Crippen LogP contribution in [0.2, 0.25) is 0 Å². The Bertz CT molecular complexity index is 523. The fourth-order valence-electron chi connectivity index (χ4n) is 1.86. The maximum absolute atomic E-state index is 12.4. The number of benzene rings is 1. The Morgan fingerprint density at radius 1 is 1.22 bits per heavy atom. The van der Waals surface area contributed by atoms with E-state index >= 15 is 0 Å². The number of hydrogen-bond acceptors (Lipinski definition) is 2. The van der Waals surface area contributed by atoms with Gasteiger partial charge in [-0.2, -0.15) is 0 Å². The fraction of sp³-hybridized carbons (Fsp3) is 0.267. The number of anilines is 1. The lowest BCUT2D eigenvalue weighted by atomic mass is 10.2. The number of carbonyl (C=O) groups is 1. The molecule has 2 aromatic rings. The molecule has 18 heavy (non-hydrogen) atoms. The van der Waals surface area contributed by atoms with Crippen LogP contribution in [0.15, 0.2) is 40.8 Å². The van der Waals surface area contributed by atoms with E-state index in [9.17, 15) is 4.79 Å². The molecule has 0 saturated heterocycles. The molecule has 0 aliphatic heterocycles. The molecule has 1 aromatic heterocycles. The molecule has 2 rings (SSSR count). The summed E-state index contributed by atoms with van der Waals surface area (Å²) in [5.41, 5.74) is 1.89. The molecule has 0 unspecified atom stereocenters.